The van der Waals surface area contributed by atoms with Crippen LogP contribution in [0.4, 0.5) is 0 Å². The van der Waals surface area contributed by atoms with E-state index in [1.165, 1.54) is 36.4 Å². The predicted molar refractivity (Wildman–Crippen MR) is 159 cm³/mol. The monoisotopic (exact) mass is 640 g/mol. The van der Waals surface area contributed by atoms with Crippen molar-refractivity contribution in [1.82, 2.24) is 10.6 Å². The molecule has 15 nitrogen and oxygen atoms in total. The highest BCUT2D eigenvalue weighted by molar-refractivity contribution is 7.79. The summed E-state index contributed by atoms with van der Waals surface area (Å²) in [5.41, 5.74) is 0.822. The van der Waals surface area contributed by atoms with Crippen molar-refractivity contribution in [1.29, 1.82) is 0 Å². The lowest BCUT2D eigenvalue weighted by Gasteiger charge is -2.23. The van der Waals surface area contributed by atoms with Crippen LogP contribution in [0, 0.1) is 0 Å². The zero-order valence-corrected chi connectivity index (χ0v) is 26.0. The smallest absolute Gasteiger partial charge is 0.394 e. The van der Waals surface area contributed by atoms with Gasteiger partial charge in [0.25, 0.3) is 0 Å². The molecule has 0 aliphatic heterocycles. The van der Waals surface area contributed by atoms with Gasteiger partial charge in [0.05, 0.1) is 25.4 Å². The number of hydrogen-bond acceptors (Lipinski definition) is 13. The minimum Gasteiger partial charge on any atom is -0.508 e. The number of rotatable bonds is 8. The lowest BCUT2D eigenvalue weighted by atomic mass is 10.1. The number of phenols is 4. The minimum atomic E-state index is -4.67. The molecule has 0 spiro atoms. The molecule has 0 saturated heterocycles. The Bertz CT molecular complexity index is 1040. The third-order valence-electron chi connectivity index (χ3n) is 4.69. The summed E-state index contributed by atoms with van der Waals surface area (Å²) >= 11 is 0. The maximum absolute atomic E-state index is 9.85. The van der Waals surface area contributed by atoms with Gasteiger partial charge in [0.2, 0.25) is 0 Å². The van der Waals surface area contributed by atoms with Crippen molar-refractivity contribution in [3.05, 3.63) is 47.5 Å². The van der Waals surface area contributed by atoms with Gasteiger partial charge in [-0.3, -0.25) is 9.11 Å². The maximum Gasteiger partial charge on any atom is 0.394 e. The van der Waals surface area contributed by atoms with E-state index in [1.807, 2.05) is 41.5 Å². The van der Waals surface area contributed by atoms with Crippen molar-refractivity contribution >= 4 is 10.4 Å². The molecule has 43 heavy (non-hydrogen) atoms. The summed E-state index contributed by atoms with van der Waals surface area (Å²) in [7, 11) is -4.67. The van der Waals surface area contributed by atoms with E-state index < -0.39 is 28.7 Å². The summed E-state index contributed by atoms with van der Waals surface area (Å²) in [4.78, 5) is 0. The standard InChI is InChI=1S/2C12H19NO3.C3H8O3.H2O4S/c2*1-12(2,3)13-7-11(16)8-4-9(14)6-10(15)5-8;4-1-3(6)2-5;1-5(2,3)4/h2*4-6,11,13-16H,7H2,1-3H3;3-6H,1-2H2;(H2,1,2,3,4). The van der Waals surface area contributed by atoms with Gasteiger partial charge in [0.15, 0.2) is 0 Å². The largest absolute Gasteiger partial charge is 0.508 e. The van der Waals surface area contributed by atoms with Gasteiger partial charge in [0.1, 0.15) is 29.1 Å². The number of aliphatic hydroxyl groups is 5. The van der Waals surface area contributed by atoms with Crippen LogP contribution < -0.4 is 10.6 Å². The molecule has 13 N–H and O–H groups in total. The van der Waals surface area contributed by atoms with Crippen molar-refractivity contribution in [3.63, 3.8) is 0 Å². The number of aliphatic hydroxyl groups excluding tert-OH is 5. The van der Waals surface area contributed by atoms with Crippen LogP contribution in [0.25, 0.3) is 0 Å². The molecule has 0 radical (unpaired) electrons. The molecular formula is C27H48N2O13S. The Labute approximate surface area is 252 Å². The van der Waals surface area contributed by atoms with E-state index in [0.717, 1.165) is 0 Å². The van der Waals surface area contributed by atoms with E-state index in [4.69, 9.17) is 32.8 Å². The van der Waals surface area contributed by atoms with Gasteiger partial charge in [-0.2, -0.15) is 8.42 Å². The first-order valence-electron chi connectivity index (χ1n) is 12.9. The Kier molecular flexibility index (Phi) is 19.2. The lowest BCUT2D eigenvalue weighted by molar-refractivity contribution is 0.0450. The molecule has 0 fully saturated rings. The van der Waals surface area contributed by atoms with Crippen LogP contribution in [0.15, 0.2) is 36.4 Å². The number of benzene rings is 2. The topological polar surface area (TPSA) is 281 Å². The van der Waals surface area contributed by atoms with Gasteiger partial charge in [-0.15, -0.1) is 0 Å². The number of aromatic hydroxyl groups is 4. The van der Waals surface area contributed by atoms with E-state index in [2.05, 4.69) is 10.6 Å². The van der Waals surface area contributed by atoms with E-state index >= 15 is 0 Å². The first-order chi connectivity index (χ1) is 19.4. The third-order valence-corrected chi connectivity index (χ3v) is 4.69. The number of nitrogens with one attached hydrogen (secondary N) is 2. The number of hydrogen-bond donors (Lipinski definition) is 13. The maximum atomic E-state index is 9.85. The SMILES string of the molecule is CC(C)(C)NCC(O)c1cc(O)cc(O)c1.CC(C)(C)NCC(O)c1cc(O)cc(O)c1.O=S(=O)(O)O.OCC(O)CO. The molecule has 0 heterocycles. The molecule has 250 valence electrons. The van der Waals surface area contributed by atoms with E-state index in [-0.39, 0.29) is 47.3 Å². The molecule has 0 aliphatic carbocycles. The molecular weight excluding hydrogens is 592 g/mol. The van der Waals surface area contributed by atoms with Crippen molar-refractivity contribution in [2.75, 3.05) is 26.3 Å². The second-order valence-electron chi connectivity index (χ2n) is 11.3. The fourth-order valence-corrected chi connectivity index (χ4v) is 2.72. The fraction of sp³-hybridized carbons (Fsp3) is 0.556. The van der Waals surface area contributed by atoms with Gasteiger partial charge in [-0.1, -0.05) is 0 Å². The van der Waals surface area contributed by atoms with Crippen LogP contribution in [0.5, 0.6) is 23.0 Å². The molecule has 0 amide bonds. The van der Waals surface area contributed by atoms with Gasteiger partial charge in [-0.05, 0) is 76.9 Å². The molecule has 2 atom stereocenters. The first kappa shape index (κ1) is 42.4. The third kappa shape index (κ3) is 26.6. The lowest BCUT2D eigenvalue weighted by Crippen LogP contribution is -2.38. The van der Waals surface area contributed by atoms with E-state index in [9.17, 15) is 30.6 Å². The summed E-state index contributed by atoms with van der Waals surface area (Å²) in [6.07, 6.45) is -2.46. The van der Waals surface area contributed by atoms with Crippen molar-refractivity contribution in [2.24, 2.45) is 0 Å². The second-order valence-corrected chi connectivity index (χ2v) is 12.2. The summed E-state index contributed by atoms with van der Waals surface area (Å²) in [6.45, 7) is 12.0. The van der Waals surface area contributed by atoms with Crippen LogP contribution >= 0.6 is 0 Å². The van der Waals surface area contributed by atoms with E-state index in [0.29, 0.717) is 24.2 Å². The summed E-state index contributed by atoms with van der Waals surface area (Å²) < 4.78 is 31.6. The first-order valence-corrected chi connectivity index (χ1v) is 14.3. The van der Waals surface area contributed by atoms with Gasteiger partial charge in [0, 0.05) is 36.3 Å². The zero-order valence-electron chi connectivity index (χ0n) is 25.2. The summed E-state index contributed by atoms with van der Waals surface area (Å²) in [5, 5.41) is 87.1. The van der Waals surface area contributed by atoms with Crippen LogP contribution in [0.3, 0.4) is 0 Å². The molecule has 16 heteroatoms. The molecule has 2 aromatic rings. The highest BCUT2D eigenvalue weighted by Crippen LogP contribution is 2.26. The van der Waals surface area contributed by atoms with Gasteiger partial charge < -0.3 is 56.6 Å². The van der Waals surface area contributed by atoms with Crippen molar-refractivity contribution in [2.45, 2.75) is 70.9 Å². The molecule has 0 aromatic heterocycles. The Hall–Kier alpha value is -2.77. The zero-order chi connectivity index (χ0) is 34.2. The summed E-state index contributed by atoms with van der Waals surface area (Å²) in [6, 6.07) is 8.22. The number of phenolic OH excluding ortho intramolecular Hbond substituents is 4. The van der Waals surface area contributed by atoms with Crippen molar-refractivity contribution in [3.8, 4) is 23.0 Å². The molecule has 0 saturated carbocycles. The highest BCUT2D eigenvalue weighted by Gasteiger charge is 2.15. The average molecular weight is 641 g/mol. The Morgan fingerprint density at radius 2 is 0.837 bits per heavy atom. The number of β-amino-alcohol motifs (C(OH)–C–C–N with tert-alkyl or cyclic N) is 2. The van der Waals surface area contributed by atoms with Crippen LogP contribution in [-0.4, -0.2) is 107 Å². The van der Waals surface area contributed by atoms with Crippen LogP contribution in [0.2, 0.25) is 0 Å². The van der Waals surface area contributed by atoms with Gasteiger partial charge in [-0.25, -0.2) is 0 Å². The second kappa shape index (κ2) is 19.5. The average Bonchev–Trinajstić information content (AvgIpc) is 2.83. The minimum absolute atomic E-state index is 0.0511. The van der Waals surface area contributed by atoms with E-state index in [1.54, 1.807) is 0 Å². The van der Waals surface area contributed by atoms with Crippen LogP contribution in [0.1, 0.15) is 64.9 Å². The fourth-order valence-electron chi connectivity index (χ4n) is 2.72. The van der Waals surface area contributed by atoms with Gasteiger partial charge >= 0.3 is 10.4 Å². The Balaban J connectivity index is 0. The van der Waals surface area contributed by atoms with Crippen LogP contribution in [-0.2, 0) is 10.4 Å². The quantitative estimate of drug-likeness (QED) is 0.177. The molecule has 2 rings (SSSR count). The summed E-state index contributed by atoms with van der Waals surface area (Å²) in [5.74, 6) is -0.204. The Morgan fingerprint density at radius 3 is 1.00 bits per heavy atom. The Morgan fingerprint density at radius 1 is 0.605 bits per heavy atom. The van der Waals surface area contributed by atoms with Crippen molar-refractivity contribution < 1.29 is 63.5 Å². The molecule has 2 unspecified atom stereocenters. The normalized spacial score (nSPS) is 13.0. The molecule has 0 bridgehead atoms. The predicted octanol–water partition coefficient (Wildman–Crippen LogP) is 0.718. The highest BCUT2D eigenvalue weighted by atomic mass is 32.3. The molecule has 0 aliphatic rings. The molecule has 2 aromatic carbocycles.